The molecule has 0 saturated heterocycles. The second kappa shape index (κ2) is 6.93. The van der Waals surface area contributed by atoms with Gasteiger partial charge in [-0.15, -0.1) is 11.3 Å². The van der Waals surface area contributed by atoms with E-state index in [1.165, 1.54) is 10.4 Å². The molecule has 2 heterocycles. The molecule has 1 aromatic carbocycles. The third-order valence-corrected chi connectivity index (χ3v) is 5.06. The van der Waals surface area contributed by atoms with Gasteiger partial charge in [0.05, 0.1) is 6.54 Å². The number of rotatable bonds is 5. The summed E-state index contributed by atoms with van der Waals surface area (Å²) in [6.07, 6.45) is 0.899. The molecule has 6 heteroatoms. The van der Waals surface area contributed by atoms with Crippen LogP contribution in [0.2, 0.25) is 0 Å². The smallest absolute Gasteiger partial charge is 0.239 e. The van der Waals surface area contributed by atoms with Crippen LogP contribution in [0.5, 0.6) is 0 Å². The predicted molar refractivity (Wildman–Crippen MR) is 89.8 cm³/mol. The number of hydrogen-bond acceptors (Lipinski definition) is 4. The highest BCUT2D eigenvalue weighted by atomic mass is 32.1. The Kier molecular flexibility index (Phi) is 4.73. The minimum atomic E-state index is -0.651. The highest BCUT2D eigenvalue weighted by molar-refractivity contribution is 7.10. The Morgan fingerprint density at radius 2 is 2.04 bits per heavy atom. The lowest BCUT2D eigenvalue weighted by Crippen LogP contribution is -2.43. The number of fused-ring (bicyclic) bond motifs is 1. The zero-order valence-corrected chi connectivity index (χ0v) is 13.5. The molecular weight excluding hydrogens is 310 g/mol. The van der Waals surface area contributed by atoms with Gasteiger partial charge in [-0.05, 0) is 29.0 Å². The van der Waals surface area contributed by atoms with Crippen molar-refractivity contribution >= 4 is 23.2 Å². The maximum atomic E-state index is 12.4. The molecule has 0 saturated carbocycles. The Bertz CT molecular complexity index is 699. The topological polar surface area (TPSA) is 75.4 Å². The third kappa shape index (κ3) is 3.60. The van der Waals surface area contributed by atoms with E-state index in [1.807, 2.05) is 35.2 Å². The number of nitrogens with one attached hydrogen (secondary N) is 1. The van der Waals surface area contributed by atoms with Crippen molar-refractivity contribution in [3.63, 3.8) is 0 Å². The molecule has 23 heavy (non-hydrogen) atoms. The molecule has 1 aliphatic rings. The van der Waals surface area contributed by atoms with Gasteiger partial charge in [0.15, 0.2) is 0 Å². The summed E-state index contributed by atoms with van der Waals surface area (Å²) in [4.78, 5) is 27.2. The molecule has 3 rings (SSSR count). The maximum absolute atomic E-state index is 12.4. The minimum Gasteiger partial charge on any atom is -0.368 e. The van der Waals surface area contributed by atoms with E-state index in [-0.39, 0.29) is 12.5 Å². The molecule has 0 spiro atoms. The highest BCUT2D eigenvalue weighted by Gasteiger charge is 2.23. The lowest BCUT2D eigenvalue weighted by atomic mass is 10.1. The van der Waals surface area contributed by atoms with Gasteiger partial charge in [-0.2, -0.15) is 0 Å². The van der Waals surface area contributed by atoms with Crippen LogP contribution in [0.1, 0.15) is 22.0 Å². The number of nitrogens with zero attached hydrogens (tertiary/aromatic N) is 1. The first-order valence-corrected chi connectivity index (χ1v) is 8.44. The SMILES string of the molecule is NC(=O)[C@@H](NCC(=O)N1CCc2sccc2C1)c1ccccc1. The summed E-state index contributed by atoms with van der Waals surface area (Å²) in [7, 11) is 0. The molecule has 0 fully saturated rings. The van der Waals surface area contributed by atoms with Crippen LogP contribution in [0.3, 0.4) is 0 Å². The van der Waals surface area contributed by atoms with Crippen molar-refractivity contribution in [2.75, 3.05) is 13.1 Å². The average Bonchev–Trinajstić information content (AvgIpc) is 3.03. The molecule has 0 bridgehead atoms. The van der Waals surface area contributed by atoms with Gasteiger partial charge < -0.3 is 10.6 Å². The van der Waals surface area contributed by atoms with Gasteiger partial charge in [0.25, 0.3) is 0 Å². The number of nitrogens with two attached hydrogens (primary N) is 1. The van der Waals surface area contributed by atoms with Crippen molar-refractivity contribution in [3.05, 3.63) is 57.8 Å². The third-order valence-electron chi connectivity index (χ3n) is 4.04. The van der Waals surface area contributed by atoms with Gasteiger partial charge >= 0.3 is 0 Å². The quantitative estimate of drug-likeness (QED) is 0.872. The van der Waals surface area contributed by atoms with Crippen LogP contribution in [-0.4, -0.2) is 29.8 Å². The molecular formula is C17H19N3O2S. The van der Waals surface area contributed by atoms with E-state index in [0.717, 1.165) is 18.5 Å². The maximum Gasteiger partial charge on any atom is 0.239 e. The van der Waals surface area contributed by atoms with E-state index >= 15 is 0 Å². The fourth-order valence-corrected chi connectivity index (χ4v) is 3.68. The first-order valence-electron chi connectivity index (χ1n) is 7.56. The van der Waals surface area contributed by atoms with Crippen molar-refractivity contribution in [1.29, 1.82) is 0 Å². The minimum absolute atomic E-state index is 0.0102. The molecule has 120 valence electrons. The van der Waals surface area contributed by atoms with Crippen molar-refractivity contribution in [2.24, 2.45) is 5.73 Å². The summed E-state index contributed by atoms with van der Waals surface area (Å²) < 4.78 is 0. The fraction of sp³-hybridized carbons (Fsp3) is 0.294. The molecule has 0 aliphatic carbocycles. The summed E-state index contributed by atoms with van der Waals surface area (Å²) in [5, 5.41) is 5.05. The Balaban J connectivity index is 1.61. The first kappa shape index (κ1) is 15.7. The largest absolute Gasteiger partial charge is 0.368 e. The lowest BCUT2D eigenvalue weighted by molar-refractivity contribution is -0.131. The Morgan fingerprint density at radius 1 is 1.26 bits per heavy atom. The molecule has 1 aromatic heterocycles. The monoisotopic (exact) mass is 329 g/mol. The molecule has 5 nitrogen and oxygen atoms in total. The number of thiophene rings is 1. The Hall–Kier alpha value is -2.18. The second-order valence-electron chi connectivity index (χ2n) is 5.56. The van der Waals surface area contributed by atoms with E-state index in [4.69, 9.17) is 5.73 Å². The number of carbonyl (C=O) groups excluding carboxylic acids is 2. The van der Waals surface area contributed by atoms with Crippen LogP contribution in [0, 0.1) is 0 Å². The van der Waals surface area contributed by atoms with Crippen molar-refractivity contribution < 1.29 is 9.59 Å². The number of carbonyl (C=O) groups is 2. The summed E-state index contributed by atoms with van der Waals surface area (Å²) in [5.74, 6) is -0.494. The van der Waals surface area contributed by atoms with E-state index < -0.39 is 11.9 Å². The van der Waals surface area contributed by atoms with Gasteiger partial charge in [0.1, 0.15) is 6.04 Å². The molecule has 2 amide bonds. The zero-order chi connectivity index (χ0) is 16.2. The van der Waals surface area contributed by atoms with Gasteiger partial charge in [0.2, 0.25) is 11.8 Å². The lowest BCUT2D eigenvalue weighted by Gasteiger charge is -2.28. The van der Waals surface area contributed by atoms with E-state index in [9.17, 15) is 9.59 Å². The van der Waals surface area contributed by atoms with Crippen molar-refractivity contribution in [1.82, 2.24) is 10.2 Å². The van der Waals surface area contributed by atoms with Crippen LogP contribution in [0.25, 0.3) is 0 Å². The standard InChI is InChI=1S/C17H19N3O2S/c18-17(22)16(12-4-2-1-3-5-12)19-10-15(21)20-8-6-14-13(11-20)7-9-23-14/h1-5,7,9,16,19H,6,8,10-11H2,(H2,18,22)/t16-/m0/s1. The Labute approximate surface area is 139 Å². The average molecular weight is 329 g/mol. The zero-order valence-electron chi connectivity index (χ0n) is 12.7. The number of benzene rings is 1. The fourth-order valence-electron chi connectivity index (χ4n) is 2.79. The molecule has 1 atom stereocenters. The van der Waals surface area contributed by atoms with Crippen LogP contribution in [0.4, 0.5) is 0 Å². The molecule has 0 radical (unpaired) electrons. The van der Waals surface area contributed by atoms with Gasteiger partial charge in [-0.3, -0.25) is 14.9 Å². The van der Waals surface area contributed by atoms with Crippen LogP contribution in [-0.2, 0) is 22.6 Å². The summed E-state index contributed by atoms with van der Waals surface area (Å²) in [6.45, 7) is 1.47. The van der Waals surface area contributed by atoms with Crippen molar-refractivity contribution in [3.8, 4) is 0 Å². The normalized spacial score (nSPS) is 15.0. The highest BCUT2D eigenvalue weighted by Crippen LogP contribution is 2.24. The van der Waals surface area contributed by atoms with Gasteiger partial charge in [-0.1, -0.05) is 30.3 Å². The van der Waals surface area contributed by atoms with Gasteiger partial charge in [-0.25, -0.2) is 0 Å². The van der Waals surface area contributed by atoms with E-state index in [1.54, 1.807) is 11.3 Å². The molecule has 1 aliphatic heterocycles. The van der Waals surface area contributed by atoms with Crippen LogP contribution >= 0.6 is 11.3 Å². The number of hydrogen-bond donors (Lipinski definition) is 2. The molecule has 2 aromatic rings. The predicted octanol–water partition coefficient (Wildman–Crippen LogP) is 1.45. The van der Waals surface area contributed by atoms with Crippen molar-refractivity contribution in [2.45, 2.75) is 19.0 Å². The van der Waals surface area contributed by atoms with Gasteiger partial charge in [0, 0.05) is 18.0 Å². The number of amides is 2. The van der Waals surface area contributed by atoms with E-state index in [0.29, 0.717) is 6.54 Å². The van der Waals surface area contributed by atoms with E-state index in [2.05, 4.69) is 16.8 Å². The molecule has 0 unspecified atom stereocenters. The molecule has 3 N–H and O–H groups in total. The van der Waals surface area contributed by atoms with Crippen LogP contribution in [0.15, 0.2) is 41.8 Å². The summed E-state index contributed by atoms with van der Waals surface area (Å²) in [6, 6.07) is 10.6. The second-order valence-corrected chi connectivity index (χ2v) is 6.56. The summed E-state index contributed by atoms with van der Waals surface area (Å²) >= 11 is 1.74. The summed E-state index contributed by atoms with van der Waals surface area (Å²) in [5.41, 5.74) is 7.45. The number of primary amides is 1. The first-order chi connectivity index (χ1) is 11.1. The van der Waals surface area contributed by atoms with Crippen LogP contribution < -0.4 is 11.1 Å². The Morgan fingerprint density at radius 3 is 2.78 bits per heavy atom.